The minimum Gasteiger partial charge on any atom is -0.463 e. The summed E-state index contributed by atoms with van der Waals surface area (Å²) in [6.45, 7) is 6.73. The van der Waals surface area contributed by atoms with E-state index in [2.05, 4.69) is 16.0 Å². The highest BCUT2D eigenvalue weighted by molar-refractivity contribution is 6.31. The highest BCUT2D eigenvalue weighted by atomic mass is 35.5. The van der Waals surface area contributed by atoms with Crippen molar-refractivity contribution in [1.82, 2.24) is 16.0 Å². The molecule has 3 N–H and O–H groups in total. The van der Waals surface area contributed by atoms with Gasteiger partial charge < -0.3 is 20.7 Å². The molecule has 0 saturated carbocycles. The van der Waals surface area contributed by atoms with E-state index in [-0.39, 0.29) is 19.2 Å². The summed E-state index contributed by atoms with van der Waals surface area (Å²) < 4.78 is 5.32. The number of esters is 1. The van der Waals surface area contributed by atoms with Crippen LogP contribution in [0.5, 0.6) is 0 Å². The molecule has 3 rings (SSSR count). The topological polar surface area (TPSA) is 79.5 Å². The first kappa shape index (κ1) is 21.9. The van der Waals surface area contributed by atoms with E-state index in [4.69, 9.17) is 16.3 Å². The molecule has 2 amide bonds. The van der Waals surface area contributed by atoms with Gasteiger partial charge in [0.05, 0.1) is 18.2 Å². The lowest BCUT2D eigenvalue weighted by molar-refractivity contribution is -0.139. The number of benzene rings is 2. The third-order valence-corrected chi connectivity index (χ3v) is 5.34. The number of urea groups is 1. The lowest BCUT2D eigenvalue weighted by atomic mass is 9.91. The molecule has 0 radical (unpaired) electrons. The van der Waals surface area contributed by atoms with Gasteiger partial charge in [-0.1, -0.05) is 53.6 Å². The van der Waals surface area contributed by atoms with Crippen LogP contribution in [0.3, 0.4) is 0 Å². The summed E-state index contributed by atoms with van der Waals surface area (Å²) in [7, 11) is 0. The molecule has 30 heavy (non-hydrogen) atoms. The second kappa shape index (κ2) is 9.78. The third kappa shape index (κ3) is 5.01. The molecular formula is C23H26ClN3O3. The van der Waals surface area contributed by atoms with Crippen molar-refractivity contribution in [1.29, 1.82) is 0 Å². The van der Waals surface area contributed by atoms with E-state index in [1.165, 1.54) is 0 Å². The van der Waals surface area contributed by atoms with E-state index in [1.807, 2.05) is 56.3 Å². The predicted molar refractivity (Wildman–Crippen MR) is 117 cm³/mol. The van der Waals surface area contributed by atoms with Crippen molar-refractivity contribution >= 4 is 23.6 Å². The van der Waals surface area contributed by atoms with Crippen LogP contribution in [0.25, 0.3) is 0 Å². The molecule has 0 aromatic heterocycles. The lowest BCUT2D eigenvalue weighted by Crippen LogP contribution is -2.48. The monoisotopic (exact) mass is 427 g/mol. The molecule has 1 atom stereocenters. The van der Waals surface area contributed by atoms with Gasteiger partial charge in [0.1, 0.15) is 0 Å². The van der Waals surface area contributed by atoms with Crippen LogP contribution < -0.4 is 16.0 Å². The maximum atomic E-state index is 12.9. The minimum atomic E-state index is -0.588. The Morgan fingerprint density at radius 2 is 1.93 bits per heavy atom. The number of carbonyl (C=O) groups excluding carboxylic acids is 2. The average molecular weight is 428 g/mol. The van der Waals surface area contributed by atoms with Gasteiger partial charge in [0.2, 0.25) is 0 Å². The number of aryl methyl sites for hydroxylation is 2. The molecule has 0 fully saturated rings. The van der Waals surface area contributed by atoms with E-state index in [9.17, 15) is 9.59 Å². The van der Waals surface area contributed by atoms with Crippen LogP contribution in [-0.4, -0.2) is 25.2 Å². The quantitative estimate of drug-likeness (QED) is 0.585. The number of hydrogen-bond donors (Lipinski definition) is 3. The summed E-state index contributed by atoms with van der Waals surface area (Å²) in [4.78, 5) is 25.3. The zero-order valence-electron chi connectivity index (χ0n) is 17.3. The maximum absolute atomic E-state index is 12.9. The number of halogens is 1. The average Bonchev–Trinajstić information content (AvgIpc) is 2.71. The van der Waals surface area contributed by atoms with E-state index < -0.39 is 12.0 Å². The Morgan fingerprint density at radius 1 is 1.17 bits per heavy atom. The van der Waals surface area contributed by atoms with Crippen molar-refractivity contribution in [3.63, 3.8) is 0 Å². The molecule has 2 aromatic carbocycles. The SMILES string of the molecule is CCOC(=O)C1=C(CNCc2ccccc2Cl)NC(=O)NC1c1cc(C)ccc1C. The molecule has 0 spiro atoms. The first-order valence-corrected chi connectivity index (χ1v) is 10.3. The van der Waals surface area contributed by atoms with Crippen molar-refractivity contribution in [3.8, 4) is 0 Å². The second-order valence-corrected chi connectivity index (χ2v) is 7.61. The summed E-state index contributed by atoms with van der Waals surface area (Å²) in [5.41, 5.74) is 4.73. The van der Waals surface area contributed by atoms with Crippen LogP contribution in [0.15, 0.2) is 53.7 Å². The summed E-state index contributed by atoms with van der Waals surface area (Å²) in [6.07, 6.45) is 0. The van der Waals surface area contributed by atoms with Gasteiger partial charge in [0.25, 0.3) is 0 Å². The van der Waals surface area contributed by atoms with Gasteiger partial charge in [-0.15, -0.1) is 0 Å². The van der Waals surface area contributed by atoms with Crippen LogP contribution in [0, 0.1) is 13.8 Å². The highest BCUT2D eigenvalue weighted by Gasteiger charge is 2.34. The van der Waals surface area contributed by atoms with E-state index >= 15 is 0 Å². The Balaban J connectivity index is 1.94. The number of ether oxygens (including phenoxy) is 1. The number of hydrogen-bond acceptors (Lipinski definition) is 4. The normalized spacial score (nSPS) is 16.1. The molecule has 1 unspecified atom stereocenters. The van der Waals surface area contributed by atoms with E-state index in [0.717, 1.165) is 22.3 Å². The van der Waals surface area contributed by atoms with Crippen molar-refractivity contribution in [3.05, 3.63) is 81.0 Å². The molecule has 1 aliphatic rings. The molecule has 158 valence electrons. The van der Waals surface area contributed by atoms with Gasteiger partial charge in [-0.3, -0.25) is 0 Å². The molecule has 0 saturated heterocycles. The van der Waals surface area contributed by atoms with E-state index in [1.54, 1.807) is 6.92 Å². The van der Waals surface area contributed by atoms with Crippen LogP contribution in [0.2, 0.25) is 5.02 Å². The molecule has 6 nitrogen and oxygen atoms in total. The van der Waals surface area contributed by atoms with Crippen molar-refractivity contribution < 1.29 is 14.3 Å². The number of rotatable bonds is 7. The Morgan fingerprint density at radius 3 is 2.67 bits per heavy atom. The maximum Gasteiger partial charge on any atom is 0.338 e. The molecule has 0 aliphatic carbocycles. The van der Waals surface area contributed by atoms with Crippen LogP contribution >= 0.6 is 11.6 Å². The Hall–Kier alpha value is -2.83. The van der Waals surface area contributed by atoms with Crippen LogP contribution in [0.1, 0.15) is 35.2 Å². The zero-order chi connectivity index (χ0) is 21.7. The van der Waals surface area contributed by atoms with Crippen molar-refractivity contribution in [2.75, 3.05) is 13.2 Å². The van der Waals surface area contributed by atoms with Gasteiger partial charge >= 0.3 is 12.0 Å². The van der Waals surface area contributed by atoms with Crippen LogP contribution in [0.4, 0.5) is 4.79 Å². The molecule has 1 aliphatic heterocycles. The molecule has 2 aromatic rings. The molecule has 0 bridgehead atoms. The largest absolute Gasteiger partial charge is 0.463 e. The second-order valence-electron chi connectivity index (χ2n) is 7.20. The van der Waals surface area contributed by atoms with Gasteiger partial charge in [0.15, 0.2) is 0 Å². The minimum absolute atomic E-state index is 0.246. The third-order valence-electron chi connectivity index (χ3n) is 4.97. The van der Waals surface area contributed by atoms with Gasteiger partial charge in [-0.05, 0) is 43.5 Å². The summed E-state index contributed by atoms with van der Waals surface area (Å²) in [5, 5.41) is 9.58. The summed E-state index contributed by atoms with van der Waals surface area (Å²) in [6, 6.07) is 12.6. The fourth-order valence-electron chi connectivity index (χ4n) is 3.48. The number of nitrogens with one attached hydrogen (secondary N) is 3. The first-order valence-electron chi connectivity index (χ1n) is 9.89. The fraction of sp³-hybridized carbons (Fsp3) is 0.304. The Kier molecular flexibility index (Phi) is 7.13. The summed E-state index contributed by atoms with van der Waals surface area (Å²) in [5.74, 6) is -0.453. The van der Waals surface area contributed by atoms with Crippen molar-refractivity contribution in [2.24, 2.45) is 0 Å². The predicted octanol–water partition coefficient (Wildman–Crippen LogP) is 3.92. The molecule has 7 heteroatoms. The van der Waals surface area contributed by atoms with Gasteiger partial charge in [-0.25, -0.2) is 9.59 Å². The standard InChI is InChI=1S/C23H26ClN3O3/c1-4-30-22(28)20-19(13-25-12-16-7-5-6-8-18(16)24)26-23(29)27-21(20)17-11-14(2)9-10-15(17)3/h5-11,21,25H,4,12-13H2,1-3H3,(H2,26,27,29). The summed E-state index contributed by atoms with van der Waals surface area (Å²) >= 11 is 6.22. The first-order chi connectivity index (χ1) is 14.4. The fourth-order valence-corrected chi connectivity index (χ4v) is 3.68. The number of amides is 2. The molecule has 1 heterocycles. The highest BCUT2D eigenvalue weighted by Crippen LogP contribution is 2.30. The Labute approximate surface area is 181 Å². The number of carbonyl (C=O) groups is 2. The smallest absolute Gasteiger partial charge is 0.338 e. The lowest BCUT2D eigenvalue weighted by Gasteiger charge is -2.30. The van der Waals surface area contributed by atoms with Crippen molar-refractivity contribution in [2.45, 2.75) is 33.4 Å². The van der Waals surface area contributed by atoms with Gasteiger partial charge in [-0.2, -0.15) is 0 Å². The van der Waals surface area contributed by atoms with E-state index in [0.29, 0.717) is 22.8 Å². The molecular weight excluding hydrogens is 402 g/mol. The Bertz CT molecular complexity index is 987. The zero-order valence-corrected chi connectivity index (χ0v) is 18.1. The van der Waals surface area contributed by atoms with Gasteiger partial charge in [0, 0.05) is 23.8 Å². The van der Waals surface area contributed by atoms with Crippen LogP contribution in [-0.2, 0) is 16.1 Å².